The number of oxazole rings is 1. The van der Waals surface area contributed by atoms with Gasteiger partial charge in [0.05, 0.1) is 5.52 Å². The molecule has 4 nitrogen and oxygen atoms in total. The van der Waals surface area contributed by atoms with Crippen molar-refractivity contribution in [2.45, 2.75) is 32.2 Å². The van der Waals surface area contributed by atoms with E-state index >= 15 is 0 Å². The number of hydrogen-bond donors (Lipinski definition) is 1. The molecular weight excluding hydrogens is 240 g/mol. The average molecular weight is 260 g/mol. The SMILES string of the molecule is Cn1c(=O)oc2ccc(/C=C/CCC(C)(C)N)cc21. The van der Waals surface area contributed by atoms with Gasteiger partial charge < -0.3 is 10.2 Å². The van der Waals surface area contributed by atoms with Gasteiger partial charge in [-0.3, -0.25) is 4.57 Å². The summed E-state index contributed by atoms with van der Waals surface area (Å²) in [5.41, 5.74) is 8.28. The highest BCUT2D eigenvalue weighted by molar-refractivity contribution is 5.76. The minimum atomic E-state index is -0.332. The molecule has 0 aliphatic rings. The molecule has 0 radical (unpaired) electrons. The van der Waals surface area contributed by atoms with E-state index < -0.39 is 0 Å². The lowest BCUT2D eigenvalue weighted by Gasteiger charge is -2.16. The van der Waals surface area contributed by atoms with Crippen molar-refractivity contribution < 1.29 is 4.42 Å². The van der Waals surface area contributed by atoms with Crippen LogP contribution in [0.4, 0.5) is 0 Å². The molecule has 2 aromatic rings. The van der Waals surface area contributed by atoms with E-state index in [9.17, 15) is 4.79 Å². The second kappa shape index (κ2) is 5.05. The van der Waals surface area contributed by atoms with Crippen molar-refractivity contribution in [1.82, 2.24) is 4.57 Å². The number of nitrogens with two attached hydrogens (primary N) is 1. The number of nitrogens with zero attached hydrogens (tertiary/aromatic N) is 1. The van der Waals surface area contributed by atoms with Gasteiger partial charge in [0.1, 0.15) is 0 Å². The molecule has 1 aromatic heterocycles. The van der Waals surface area contributed by atoms with Gasteiger partial charge in [0.2, 0.25) is 0 Å². The molecule has 0 bridgehead atoms. The monoisotopic (exact) mass is 260 g/mol. The Morgan fingerprint density at radius 3 is 2.84 bits per heavy atom. The van der Waals surface area contributed by atoms with Crippen molar-refractivity contribution in [3.05, 3.63) is 40.4 Å². The van der Waals surface area contributed by atoms with Gasteiger partial charge in [0.25, 0.3) is 0 Å². The van der Waals surface area contributed by atoms with Gasteiger partial charge in [-0.1, -0.05) is 18.2 Å². The number of allylic oxidation sites excluding steroid dienone is 1. The van der Waals surface area contributed by atoms with Crippen LogP contribution >= 0.6 is 0 Å². The van der Waals surface area contributed by atoms with Crippen LogP contribution in [0.1, 0.15) is 32.3 Å². The zero-order valence-electron chi connectivity index (χ0n) is 11.6. The maximum Gasteiger partial charge on any atom is 0.419 e. The quantitative estimate of drug-likeness (QED) is 0.919. The Balaban J connectivity index is 2.15. The molecule has 1 aromatic carbocycles. The van der Waals surface area contributed by atoms with Gasteiger partial charge in [-0.2, -0.15) is 0 Å². The molecule has 102 valence electrons. The molecule has 2 N–H and O–H groups in total. The third kappa shape index (κ3) is 3.35. The van der Waals surface area contributed by atoms with Crippen LogP contribution in [0, 0.1) is 0 Å². The molecular formula is C15H20N2O2. The summed E-state index contributed by atoms with van der Waals surface area (Å²) in [4.78, 5) is 11.4. The molecule has 0 saturated heterocycles. The summed E-state index contributed by atoms with van der Waals surface area (Å²) in [5, 5.41) is 0. The summed E-state index contributed by atoms with van der Waals surface area (Å²) in [5.74, 6) is -0.332. The predicted octanol–water partition coefficient (Wildman–Crippen LogP) is 2.66. The lowest BCUT2D eigenvalue weighted by molar-refractivity contribution is 0.482. The Labute approximate surface area is 112 Å². The van der Waals surface area contributed by atoms with Crippen LogP contribution in [-0.2, 0) is 7.05 Å². The first-order valence-electron chi connectivity index (χ1n) is 6.42. The fourth-order valence-corrected chi connectivity index (χ4v) is 1.92. The Morgan fingerprint density at radius 1 is 1.42 bits per heavy atom. The summed E-state index contributed by atoms with van der Waals surface area (Å²) in [6.07, 6.45) is 6.03. The first-order chi connectivity index (χ1) is 8.87. The second-order valence-electron chi connectivity index (χ2n) is 5.58. The maximum atomic E-state index is 11.4. The zero-order valence-corrected chi connectivity index (χ0v) is 11.6. The van der Waals surface area contributed by atoms with Crippen molar-refractivity contribution in [3.8, 4) is 0 Å². The van der Waals surface area contributed by atoms with Crippen molar-refractivity contribution >= 4 is 17.2 Å². The summed E-state index contributed by atoms with van der Waals surface area (Å²) >= 11 is 0. The normalized spacial score (nSPS) is 12.6. The third-order valence-electron chi connectivity index (χ3n) is 3.08. The minimum absolute atomic E-state index is 0.136. The predicted molar refractivity (Wildman–Crippen MR) is 78.0 cm³/mol. The van der Waals surface area contributed by atoms with Gasteiger partial charge in [-0.15, -0.1) is 0 Å². The van der Waals surface area contributed by atoms with Gasteiger partial charge in [-0.05, 0) is 44.4 Å². The van der Waals surface area contributed by atoms with E-state index in [2.05, 4.69) is 6.08 Å². The standard InChI is InChI=1S/C15H20N2O2/c1-15(2,16)9-5-4-6-11-7-8-13-12(10-11)17(3)14(18)19-13/h4,6-8,10H,5,9,16H2,1-3H3/b6-4+. The van der Waals surface area contributed by atoms with Crippen molar-refractivity contribution in [2.24, 2.45) is 12.8 Å². The number of hydrogen-bond acceptors (Lipinski definition) is 3. The average Bonchev–Trinajstić information content (AvgIpc) is 2.60. The number of fused-ring (bicyclic) bond motifs is 1. The molecule has 0 atom stereocenters. The molecule has 0 aliphatic carbocycles. The van der Waals surface area contributed by atoms with Crippen molar-refractivity contribution in [3.63, 3.8) is 0 Å². The van der Waals surface area contributed by atoms with E-state index in [1.807, 2.05) is 38.1 Å². The molecule has 0 spiro atoms. The largest absolute Gasteiger partial charge is 0.419 e. The molecule has 2 rings (SSSR count). The molecule has 1 heterocycles. The Kier molecular flexibility index (Phi) is 3.62. The van der Waals surface area contributed by atoms with Crippen LogP contribution in [-0.4, -0.2) is 10.1 Å². The van der Waals surface area contributed by atoms with E-state index in [-0.39, 0.29) is 11.3 Å². The highest BCUT2D eigenvalue weighted by Gasteiger charge is 2.08. The summed E-state index contributed by atoms with van der Waals surface area (Å²) in [6.45, 7) is 4.04. The van der Waals surface area contributed by atoms with Gasteiger partial charge in [0.15, 0.2) is 5.58 Å². The molecule has 4 heteroatoms. The fraction of sp³-hybridized carbons (Fsp3) is 0.400. The van der Waals surface area contributed by atoms with Gasteiger partial charge in [-0.25, -0.2) is 4.79 Å². The van der Waals surface area contributed by atoms with E-state index in [0.717, 1.165) is 23.9 Å². The molecule has 0 saturated carbocycles. The van der Waals surface area contributed by atoms with Gasteiger partial charge >= 0.3 is 5.76 Å². The van der Waals surface area contributed by atoms with E-state index in [0.29, 0.717) is 5.58 Å². The van der Waals surface area contributed by atoms with E-state index in [1.54, 1.807) is 7.05 Å². The van der Waals surface area contributed by atoms with E-state index in [1.165, 1.54) is 4.57 Å². The van der Waals surface area contributed by atoms with Crippen LogP contribution in [0.2, 0.25) is 0 Å². The van der Waals surface area contributed by atoms with Crippen LogP contribution < -0.4 is 11.5 Å². The third-order valence-corrected chi connectivity index (χ3v) is 3.08. The highest BCUT2D eigenvalue weighted by Crippen LogP contribution is 2.16. The molecule has 0 aliphatic heterocycles. The summed E-state index contributed by atoms with van der Waals surface area (Å²) in [6, 6.07) is 5.71. The summed E-state index contributed by atoms with van der Waals surface area (Å²) in [7, 11) is 1.71. The first-order valence-corrected chi connectivity index (χ1v) is 6.42. The second-order valence-corrected chi connectivity index (χ2v) is 5.58. The van der Waals surface area contributed by atoms with E-state index in [4.69, 9.17) is 10.2 Å². The lowest BCUT2D eigenvalue weighted by Crippen LogP contribution is -2.31. The van der Waals surface area contributed by atoms with Crippen LogP contribution in [0.15, 0.2) is 33.5 Å². The highest BCUT2D eigenvalue weighted by atomic mass is 16.4. The molecule has 0 unspecified atom stereocenters. The smallest absolute Gasteiger partial charge is 0.408 e. The Hall–Kier alpha value is -1.81. The first kappa shape index (κ1) is 13.6. The number of aromatic nitrogens is 1. The number of benzene rings is 1. The molecule has 0 amide bonds. The minimum Gasteiger partial charge on any atom is -0.408 e. The van der Waals surface area contributed by atoms with Crippen molar-refractivity contribution in [2.75, 3.05) is 0 Å². The molecule has 19 heavy (non-hydrogen) atoms. The summed E-state index contributed by atoms with van der Waals surface area (Å²) < 4.78 is 6.60. The van der Waals surface area contributed by atoms with Crippen LogP contribution in [0.3, 0.4) is 0 Å². The Morgan fingerprint density at radius 2 is 2.16 bits per heavy atom. The lowest BCUT2D eigenvalue weighted by atomic mass is 10.00. The Bertz CT molecular complexity index is 657. The van der Waals surface area contributed by atoms with Gasteiger partial charge in [0, 0.05) is 12.6 Å². The van der Waals surface area contributed by atoms with Crippen LogP contribution in [0.5, 0.6) is 0 Å². The van der Waals surface area contributed by atoms with Crippen molar-refractivity contribution in [1.29, 1.82) is 0 Å². The topological polar surface area (TPSA) is 61.2 Å². The molecule has 0 fully saturated rings. The number of rotatable bonds is 4. The number of aryl methyl sites for hydroxylation is 1. The van der Waals surface area contributed by atoms with Crippen LogP contribution in [0.25, 0.3) is 17.2 Å². The fourth-order valence-electron chi connectivity index (χ4n) is 1.92. The maximum absolute atomic E-state index is 11.4. The zero-order chi connectivity index (χ0) is 14.0.